The third kappa shape index (κ3) is 3.63. The van der Waals surface area contributed by atoms with Crippen LogP contribution in [0.4, 0.5) is 0 Å². The first-order valence-corrected chi connectivity index (χ1v) is 15.5. The van der Waals surface area contributed by atoms with Gasteiger partial charge in [-0.15, -0.1) is 0 Å². The zero-order chi connectivity index (χ0) is 16.7. The van der Waals surface area contributed by atoms with Gasteiger partial charge in [0, 0.05) is 0 Å². The van der Waals surface area contributed by atoms with E-state index < -0.39 is 13.3 Å². The van der Waals surface area contributed by atoms with Crippen LogP contribution in [0.25, 0.3) is 11.3 Å². The van der Waals surface area contributed by atoms with E-state index in [4.69, 9.17) is 0 Å². The van der Waals surface area contributed by atoms with E-state index in [1.54, 1.807) is 4.40 Å². The first-order chi connectivity index (χ1) is 10.00. The van der Waals surface area contributed by atoms with E-state index in [1.165, 1.54) is 22.4 Å². The van der Waals surface area contributed by atoms with Crippen molar-refractivity contribution < 1.29 is 4.57 Å². The third-order valence-corrected chi connectivity index (χ3v) is 8.62. The van der Waals surface area contributed by atoms with Crippen molar-refractivity contribution in [3.8, 4) is 11.3 Å². The fraction of sp³-hybridized carbons (Fsp3) is 0.450. The summed E-state index contributed by atoms with van der Waals surface area (Å²) in [7, 11) is 2.17. The van der Waals surface area contributed by atoms with Crippen molar-refractivity contribution in [2.24, 2.45) is 7.05 Å². The summed E-state index contributed by atoms with van der Waals surface area (Å²) in [5.74, 6) is 7.33. The van der Waals surface area contributed by atoms with Crippen LogP contribution in [-0.4, -0.2) is 13.3 Å². The van der Waals surface area contributed by atoms with Crippen LogP contribution >= 0.6 is 0 Å². The van der Waals surface area contributed by atoms with Crippen molar-refractivity contribution in [3.63, 3.8) is 0 Å². The molecule has 0 bridgehead atoms. The number of hydrogen-bond donors (Lipinski definition) is 0. The zero-order valence-corrected chi connectivity index (χ0v) is 17.5. The van der Waals surface area contributed by atoms with Crippen LogP contribution in [0, 0.1) is 6.92 Å². The van der Waals surface area contributed by atoms with Crippen LogP contribution in [0.15, 0.2) is 36.5 Å². The molecule has 0 unspecified atom stereocenters. The summed E-state index contributed by atoms with van der Waals surface area (Å²) in [6.07, 6.45) is 2.34. The molecule has 0 atom stereocenters. The van der Waals surface area contributed by atoms with Crippen LogP contribution in [0.5, 0.6) is 0 Å². The molecule has 0 fully saturated rings. The predicted molar refractivity (Wildman–Crippen MR) is 99.5 cm³/mol. The number of benzene rings is 1. The summed E-state index contributed by atoms with van der Waals surface area (Å²) in [5, 5.41) is 0. The van der Waals surface area contributed by atoms with Crippen molar-refractivity contribution in [1.82, 2.24) is 0 Å². The Labute approximate surface area is 138 Å². The van der Waals surface area contributed by atoms with Gasteiger partial charge in [0.1, 0.15) is 0 Å². The Morgan fingerprint density at radius 1 is 0.955 bits per heavy atom. The monoisotopic (exact) mass is 358 g/mol. The molecular weight excluding hydrogens is 327 g/mol. The van der Waals surface area contributed by atoms with Crippen LogP contribution < -0.4 is 8.96 Å². The molecule has 0 aliphatic heterocycles. The molecule has 22 heavy (non-hydrogen) atoms. The summed E-state index contributed by atoms with van der Waals surface area (Å²) < 4.78 is 3.85. The van der Waals surface area contributed by atoms with Crippen molar-refractivity contribution in [2.45, 2.75) is 50.4 Å². The van der Waals surface area contributed by atoms with Gasteiger partial charge in [-0.25, -0.2) is 0 Å². The summed E-state index contributed by atoms with van der Waals surface area (Å²) in [4.78, 5) is 0. The average Bonchev–Trinajstić information content (AvgIpc) is 2.37. The maximum atomic E-state index is 2.44. The molecule has 2 rings (SSSR count). The molecule has 0 radical (unpaired) electrons. The number of hydrogen-bond acceptors (Lipinski definition) is 0. The Bertz CT molecular complexity index is 626. The Kier molecular flexibility index (Phi) is 4.59. The summed E-state index contributed by atoms with van der Waals surface area (Å²) in [6, 6.07) is 11.5. The van der Waals surface area contributed by atoms with Crippen molar-refractivity contribution in [2.75, 3.05) is 0 Å². The van der Waals surface area contributed by atoms with E-state index in [2.05, 4.69) is 93.1 Å². The zero-order valence-electron chi connectivity index (χ0n) is 15.4. The summed E-state index contributed by atoms with van der Waals surface area (Å²) in [6.45, 7) is 9.03. The Morgan fingerprint density at radius 3 is 2.05 bits per heavy atom. The molecule has 0 aliphatic carbocycles. The summed E-state index contributed by atoms with van der Waals surface area (Å²) in [5.41, 5.74) is 5.59. The molecule has 0 saturated heterocycles. The van der Waals surface area contributed by atoms with E-state index in [-0.39, 0.29) is 5.41 Å². The van der Waals surface area contributed by atoms with Crippen LogP contribution in [0.2, 0.25) is 17.3 Å². The SMILES string of the molecule is Cc1cc(C(C)(C)C)ccc1-c1cc[c]([Ge]([CH3])([CH3])[CH3])c[n+]1C. The van der Waals surface area contributed by atoms with E-state index in [0.717, 1.165) is 0 Å². The predicted octanol–water partition coefficient (Wildman–Crippen LogP) is 4.33. The van der Waals surface area contributed by atoms with Gasteiger partial charge in [0.2, 0.25) is 0 Å². The van der Waals surface area contributed by atoms with Crippen molar-refractivity contribution in [1.29, 1.82) is 0 Å². The summed E-state index contributed by atoms with van der Waals surface area (Å²) >= 11 is -1.76. The Balaban J connectivity index is 2.49. The number of pyridine rings is 1. The van der Waals surface area contributed by atoms with Gasteiger partial charge in [-0.3, -0.25) is 0 Å². The molecule has 0 saturated carbocycles. The van der Waals surface area contributed by atoms with Gasteiger partial charge in [0.25, 0.3) is 0 Å². The molecule has 0 spiro atoms. The van der Waals surface area contributed by atoms with Crippen molar-refractivity contribution >= 4 is 17.7 Å². The third-order valence-electron chi connectivity index (χ3n) is 4.37. The van der Waals surface area contributed by atoms with Gasteiger partial charge >= 0.3 is 139 Å². The van der Waals surface area contributed by atoms with E-state index in [9.17, 15) is 0 Å². The second-order valence-electron chi connectivity index (χ2n) is 8.44. The van der Waals surface area contributed by atoms with Gasteiger partial charge in [-0.1, -0.05) is 0 Å². The second kappa shape index (κ2) is 5.84. The standard InChI is InChI=1S/C20H30GeN/c1-15-13-16(20(2,3)4)9-11-18(15)19-12-10-17(14-22(19)8)21(5,6)7/h9-14H,1-8H3/q+1. The Morgan fingerprint density at radius 2 is 1.59 bits per heavy atom. The van der Waals surface area contributed by atoms with E-state index >= 15 is 0 Å². The van der Waals surface area contributed by atoms with E-state index in [0.29, 0.717) is 0 Å². The van der Waals surface area contributed by atoms with E-state index in [1.807, 2.05) is 0 Å². The van der Waals surface area contributed by atoms with Gasteiger partial charge in [0.15, 0.2) is 0 Å². The maximum absolute atomic E-state index is 2.44. The average molecular weight is 357 g/mol. The van der Waals surface area contributed by atoms with Gasteiger partial charge in [-0.05, 0) is 0 Å². The topological polar surface area (TPSA) is 3.88 Å². The number of rotatable bonds is 2. The molecule has 1 nitrogen and oxygen atoms in total. The Hall–Kier alpha value is -1.09. The molecule has 118 valence electrons. The molecule has 1 heterocycles. The molecule has 0 amide bonds. The normalized spacial score (nSPS) is 12.5. The molecule has 0 aliphatic rings. The molecule has 2 heteroatoms. The minimum atomic E-state index is -1.76. The fourth-order valence-electron chi connectivity index (χ4n) is 2.75. The molecule has 0 N–H and O–H groups in total. The van der Waals surface area contributed by atoms with Crippen molar-refractivity contribution in [3.05, 3.63) is 47.7 Å². The molecule has 1 aromatic carbocycles. The van der Waals surface area contributed by atoms with Gasteiger partial charge in [0.05, 0.1) is 0 Å². The molecular formula is C20H30GeN+. The second-order valence-corrected chi connectivity index (χ2v) is 19.1. The van der Waals surface area contributed by atoms with Gasteiger partial charge in [-0.2, -0.15) is 0 Å². The first-order valence-electron chi connectivity index (χ1n) is 8.12. The fourth-order valence-corrected chi connectivity index (χ4v) is 5.19. The number of aryl methyl sites for hydroxylation is 2. The van der Waals surface area contributed by atoms with Crippen LogP contribution in [0.1, 0.15) is 31.9 Å². The quantitative estimate of drug-likeness (QED) is 0.557. The van der Waals surface area contributed by atoms with Crippen LogP contribution in [0.3, 0.4) is 0 Å². The number of aromatic nitrogens is 1. The molecule has 1 aromatic heterocycles. The number of nitrogens with zero attached hydrogens (tertiary/aromatic N) is 1. The van der Waals surface area contributed by atoms with Crippen LogP contribution in [-0.2, 0) is 12.5 Å². The van der Waals surface area contributed by atoms with Gasteiger partial charge < -0.3 is 0 Å². The first kappa shape index (κ1) is 17.3. The molecule has 2 aromatic rings. The minimum absolute atomic E-state index is 0.204.